The SMILES string of the molecule is COC(=O)C[C@@H]1OC(C)(C)OC[C@@H]1C. The van der Waals surface area contributed by atoms with Crippen molar-refractivity contribution in [2.24, 2.45) is 5.92 Å². The third kappa shape index (κ3) is 2.96. The lowest BCUT2D eigenvalue weighted by Crippen LogP contribution is -2.45. The van der Waals surface area contributed by atoms with Gasteiger partial charge in [-0.1, -0.05) is 6.92 Å². The number of esters is 1. The molecule has 0 aromatic heterocycles. The molecule has 0 bridgehead atoms. The first-order valence-corrected chi connectivity index (χ1v) is 4.83. The summed E-state index contributed by atoms with van der Waals surface area (Å²) in [6.07, 6.45) is 0.191. The Balaban J connectivity index is 2.53. The summed E-state index contributed by atoms with van der Waals surface area (Å²) in [5.74, 6) is -0.604. The Kier molecular flexibility index (Phi) is 3.50. The number of hydrogen-bond donors (Lipinski definition) is 0. The van der Waals surface area contributed by atoms with E-state index in [4.69, 9.17) is 9.47 Å². The standard InChI is InChI=1S/C10H18O4/c1-7-6-13-10(2,3)14-8(7)5-9(11)12-4/h7-8H,5-6H2,1-4H3/t7-,8-/m0/s1. The Morgan fingerprint density at radius 2 is 2.21 bits per heavy atom. The van der Waals surface area contributed by atoms with E-state index in [9.17, 15) is 4.79 Å². The minimum Gasteiger partial charge on any atom is -0.469 e. The molecule has 4 heteroatoms. The molecular weight excluding hydrogens is 184 g/mol. The predicted molar refractivity (Wildman–Crippen MR) is 50.7 cm³/mol. The van der Waals surface area contributed by atoms with Crippen LogP contribution < -0.4 is 0 Å². The predicted octanol–water partition coefficient (Wildman–Crippen LogP) is 1.34. The summed E-state index contributed by atoms with van der Waals surface area (Å²) in [6.45, 7) is 6.32. The van der Waals surface area contributed by atoms with Crippen LogP contribution in [0.25, 0.3) is 0 Å². The number of methoxy groups -OCH3 is 1. The molecular formula is C10H18O4. The Morgan fingerprint density at radius 3 is 2.79 bits per heavy atom. The van der Waals surface area contributed by atoms with E-state index in [1.165, 1.54) is 7.11 Å². The van der Waals surface area contributed by atoms with Crippen molar-refractivity contribution in [3.05, 3.63) is 0 Å². The normalized spacial score (nSPS) is 31.1. The molecule has 0 saturated carbocycles. The molecule has 0 aromatic carbocycles. The Morgan fingerprint density at radius 1 is 1.57 bits per heavy atom. The molecule has 0 radical (unpaired) electrons. The number of ether oxygens (including phenoxy) is 3. The summed E-state index contributed by atoms with van der Waals surface area (Å²) in [7, 11) is 1.39. The summed E-state index contributed by atoms with van der Waals surface area (Å²) in [5.41, 5.74) is 0. The van der Waals surface area contributed by atoms with Gasteiger partial charge in [-0.3, -0.25) is 4.79 Å². The smallest absolute Gasteiger partial charge is 0.308 e. The fourth-order valence-corrected chi connectivity index (χ4v) is 1.44. The van der Waals surface area contributed by atoms with Crippen LogP contribution in [0.1, 0.15) is 27.2 Å². The van der Waals surface area contributed by atoms with Gasteiger partial charge in [0.1, 0.15) is 0 Å². The quantitative estimate of drug-likeness (QED) is 0.634. The lowest BCUT2D eigenvalue weighted by atomic mass is 10.0. The fraction of sp³-hybridized carbons (Fsp3) is 0.900. The molecule has 0 aromatic rings. The highest BCUT2D eigenvalue weighted by Gasteiger charge is 2.35. The van der Waals surface area contributed by atoms with E-state index in [2.05, 4.69) is 4.74 Å². The van der Waals surface area contributed by atoms with Crippen LogP contribution in [-0.4, -0.2) is 31.6 Å². The van der Waals surface area contributed by atoms with E-state index in [-0.39, 0.29) is 18.0 Å². The van der Waals surface area contributed by atoms with Gasteiger partial charge in [0.15, 0.2) is 5.79 Å². The van der Waals surface area contributed by atoms with Crippen LogP contribution in [0.15, 0.2) is 0 Å². The summed E-state index contributed by atoms with van der Waals surface area (Å²) in [6, 6.07) is 0. The number of carbonyl (C=O) groups is 1. The molecule has 4 nitrogen and oxygen atoms in total. The molecule has 1 rings (SSSR count). The zero-order chi connectivity index (χ0) is 10.8. The van der Waals surface area contributed by atoms with Crippen molar-refractivity contribution in [3.63, 3.8) is 0 Å². The van der Waals surface area contributed by atoms with Gasteiger partial charge < -0.3 is 14.2 Å². The molecule has 1 aliphatic rings. The van der Waals surface area contributed by atoms with Crippen molar-refractivity contribution in [2.45, 2.75) is 39.1 Å². The van der Waals surface area contributed by atoms with Crippen LogP contribution in [0.3, 0.4) is 0 Å². The molecule has 1 saturated heterocycles. The van der Waals surface area contributed by atoms with Crippen molar-refractivity contribution in [3.8, 4) is 0 Å². The Labute approximate surface area is 84.5 Å². The molecule has 2 atom stereocenters. The Bertz CT molecular complexity index is 212. The van der Waals surface area contributed by atoms with Gasteiger partial charge in [0.2, 0.25) is 0 Å². The minimum absolute atomic E-state index is 0.105. The van der Waals surface area contributed by atoms with Crippen molar-refractivity contribution < 1.29 is 19.0 Å². The molecule has 1 aliphatic heterocycles. The molecule has 82 valence electrons. The third-order valence-corrected chi connectivity index (χ3v) is 2.36. The second kappa shape index (κ2) is 4.28. The van der Waals surface area contributed by atoms with Crippen molar-refractivity contribution in [1.29, 1.82) is 0 Å². The topological polar surface area (TPSA) is 44.8 Å². The molecule has 0 N–H and O–H groups in total. The summed E-state index contributed by atoms with van der Waals surface area (Å²) in [5, 5.41) is 0. The molecule has 14 heavy (non-hydrogen) atoms. The maximum atomic E-state index is 11.1. The monoisotopic (exact) mass is 202 g/mol. The highest BCUT2D eigenvalue weighted by atomic mass is 16.7. The van der Waals surface area contributed by atoms with Crippen molar-refractivity contribution >= 4 is 5.97 Å². The second-order valence-corrected chi connectivity index (χ2v) is 4.12. The third-order valence-electron chi connectivity index (χ3n) is 2.36. The van der Waals surface area contributed by atoms with Gasteiger partial charge in [-0.05, 0) is 13.8 Å². The largest absolute Gasteiger partial charge is 0.469 e. The average molecular weight is 202 g/mol. The lowest BCUT2D eigenvalue weighted by molar-refractivity contribution is -0.290. The first-order valence-electron chi connectivity index (χ1n) is 4.83. The molecule has 1 heterocycles. The maximum absolute atomic E-state index is 11.1. The number of rotatable bonds is 2. The summed E-state index contributed by atoms with van der Waals surface area (Å²) >= 11 is 0. The molecule has 1 fully saturated rings. The van der Waals surface area contributed by atoms with Gasteiger partial charge in [-0.15, -0.1) is 0 Å². The highest BCUT2D eigenvalue weighted by molar-refractivity contribution is 5.69. The first kappa shape index (κ1) is 11.5. The van der Waals surface area contributed by atoms with Gasteiger partial charge in [0.05, 0.1) is 26.2 Å². The zero-order valence-corrected chi connectivity index (χ0v) is 9.20. The van der Waals surface area contributed by atoms with E-state index in [1.54, 1.807) is 0 Å². The first-order chi connectivity index (χ1) is 6.44. The zero-order valence-electron chi connectivity index (χ0n) is 9.20. The minimum atomic E-state index is -0.592. The van der Waals surface area contributed by atoms with E-state index < -0.39 is 5.79 Å². The maximum Gasteiger partial charge on any atom is 0.308 e. The molecule has 0 aliphatic carbocycles. The number of carbonyl (C=O) groups excluding carboxylic acids is 1. The lowest BCUT2D eigenvalue weighted by Gasteiger charge is -2.39. The van der Waals surface area contributed by atoms with Crippen LogP contribution in [0.4, 0.5) is 0 Å². The van der Waals surface area contributed by atoms with Gasteiger partial charge >= 0.3 is 5.97 Å². The van der Waals surface area contributed by atoms with Crippen LogP contribution in [0.2, 0.25) is 0 Å². The van der Waals surface area contributed by atoms with E-state index >= 15 is 0 Å². The highest BCUT2D eigenvalue weighted by Crippen LogP contribution is 2.27. The summed E-state index contributed by atoms with van der Waals surface area (Å²) < 4.78 is 15.7. The molecule has 0 unspecified atom stereocenters. The van der Waals surface area contributed by atoms with Crippen LogP contribution >= 0.6 is 0 Å². The molecule has 0 spiro atoms. The van der Waals surface area contributed by atoms with Gasteiger partial charge in [-0.2, -0.15) is 0 Å². The fourth-order valence-electron chi connectivity index (χ4n) is 1.44. The summed E-state index contributed by atoms with van der Waals surface area (Å²) in [4.78, 5) is 11.1. The van der Waals surface area contributed by atoms with Gasteiger partial charge in [0.25, 0.3) is 0 Å². The van der Waals surface area contributed by atoms with Crippen LogP contribution in [0, 0.1) is 5.92 Å². The van der Waals surface area contributed by atoms with Crippen molar-refractivity contribution in [2.75, 3.05) is 13.7 Å². The second-order valence-electron chi connectivity index (χ2n) is 4.12. The number of hydrogen-bond acceptors (Lipinski definition) is 4. The van der Waals surface area contributed by atoms with Gasteiger partial charge in [-0.25, -0.2) is 0 Å². The Hall–Kier alpha value is -0.610. The van der Waals surface area contributed by atoms with Crippen LogP contribution in [0.5, 0.6) is 0 Å². The van der Waals surface area contributed by atoms with E-state index in [0.717, 1.165) is 0 Å². The van der Waals surface area contributed by atoms with E-state index in [1.807, 2.05) is 20.8 Å². The van der Waals surface area contributed by atoms with E-state index in [0.29, 0.717) is 13.0 Å². The average Bonchev–Trinajstić information content (AvgIpc) is 2.11. The van der Waals surface area contributed by atoms with Crippen LogP contribution in [-0.2, 0) is 19.0 Å². The molecule has 0 amide bonds. The van der Waals surface area contributed by atoms with Crippen molar-refractivity contribution in [1.82, 2.24) is 0 Å². The van der Waals surface area contributed by atoms with Gasteiger partial charge in [0, 0.05) is 5.92 Å².